The summed E-state index contributed by atoms with van der Waals surface area (Å²) in [6.45, 7) is 0.550. The molecule has 0 amide bonds. The predicted molar refractivity (Wildman–Crippen MR) is 79.5 cm³/mol. The van der Waals surface area contributed by atoms with Crippen molar-refractivity contribution in [2.45, 2.75) is 17.5 Å². The van der Waals surface area contributed by atoms with E-state index in [0.717, 1.165) is 11.1 Å². The Kier molecular flexibility index (Phi) is 3.54. The van der Waals surface area contributed by atoms with E-state index in [1.54, 1.807) is 12.1 Å². The molecule has 0 radical (unpaired) electrons. The van der Waals surface area contributed by atoms with E-state index in [1.807, 2.05) is 36.4 Å². The van der Waals surface area contributed by atoms with Gasteiger partial charge in [-0.3, -0.25) is 0 Å². The third-order valence-corrected chi connectivity index (χ3v) is 5.70. The van der Waals surface area contributed by atoms with Gasteiger partial charge < -0.3 is 5.32 Å². The lowest BCUT2D eigenvalue weighted by Crippen LogP contribution is -2.22. The first kappa shape index (κ1) is 13.6. The lowest BCUT2D eigenvalue weighted by atomic mass is 10.1. The van der Waals surface area contributed by atoms with E-state index in [1.165, 1.54) is 0 Å². The maximum Gasteiger partial charge on any atom is 0.180 e. The van der Waals surface area contributed by atoms with Crippen molar-refractivity contribution in [1.29, 1.82) is 0 Å². The molecule has 0 fully saturated rings. The third-order valence-electron chi connectivity index (χ3n) is 3.51. The van der Waals surface area contributed by atoms with E-state index in [-0.39, 0.29) is 11.8 Å². The molecule has 3 nitrogen and oxygen atoms in total. The summed E-state index contributed by atoms with van der Waals surface area (Å²) < 4.78 is 24.2. The Bertz CT molecular complexity index is 743. The Labute approximate surface area is 123 Å². The Morgan fingerprint density at radius 1 is 1.10 bits per heavy atom. The average Bonchev–Trinajstić information content (AvgIpc) is 2.70. The number of nitrogens with one attached hydrogen (secondary N) is 1. The maximum absolute atomic E-state index is 12.1. The molecule has 0 bridgehead atoms. The van der Waals surface area contributed by atoms with Gasteiger partial charge in [0, 0.05) is 17.6 Å². The fourth-order valence-electron chi connectivity index (χ4n) is 2.49. The second-order valence-electron chi connectivity index (χ2n) is 4.84. The van der Waals surface area contributed by atoms with Crippen LogP contribution in [-0.2, 0) is 16.4 Å². The minimum atomic E-state index is -3.16. The van der Waals surface area contributed by atoms with Crippen molar-refractivity contribution in [1.82, 2.24) is 5.32 Å². The van der Waals surface area contributed by atoms with Gasteiger partial charge in [-0.2, -0.15) is 0 Å². The largest absolute Gasteiger partial charge is 0.305 e. The molecule has 0 aromatic heterocycles. The topological polar surface area (TPSA) is 46.2 Å². The summed E-state index contributed by atoms with van der Waals surface area (Å²) in [5.74, 6) is 0.108. The van der Waals surface area contributed by atoms with Gasteiger partial charge in [-0.1, -0.05) is 48.0 Å². The van der Waals surface area contributed by atoms with Crippen LogP contribution in [0, 0.1) is 0 Å². The summed E-state index contributed by atoms with van der Waals surface area (Å²) in [4.78, 5) is 0.441. The lowest BCUT2D eigenvalue weighted by molar-refractivity contribution is 0.566. The van der Waals surface area contributed by atoms with Gasteiger partial charge in [-0.15, -0.1) is 0 Å². The molecule has 5 heteroatoms. The zero-order valence-corrected chi connectivity index (χ0v) is 12.3. The Balaban J connectivity index is 1.82. The van der Waals surface area contributed by atoms with Crippen LogP contribution in [0.4, 0.5) is 0 Å². The van der Waals surface area contributed by atoms with E-state index in [0.29, 0.717) is 16.5 Å². The van der Waals surface area contributed by atoms with Crippen LogP contribution in [0.3, 0.4) is 0 Å². The van der Waals surface area contributed by atoms with Crippen molar-refractivity contribution in [3.8, 4) is 0 Å². The fourth-order valence-corrected chi connectivity index (χ4v) is 4.47. The first-order valence-corrected chi connectivity index (χ1v) is 8.39. The number of sulfone groups is 1. The van der Waals surface area contributed by atoms with Gasteiger partial charge in [0.1, 0.15) is 0 Å². The second kappa shape index (κ2) is 5.20. The molecule has 2 aromatic carbocycles. The van der Waals surface area contributed by atoms with Gasteiger partial charge in [0.25, 0.3) is 0 Å². The van der Waals surface area contributed by atoms with Crippen LogP contribution in [0.1, 0.15) is 17.2 Å². The number of halogens is 1. The van der Waals surface area contributed by atoms with Crippen LogP contribution >= 0.6 is 11.6 Å². The van der Waals surface area contributed by atoms with Crippen molar-refractivity contribution in [3.05, 3.63) is 64.7 Å². The molecule has 1 aliphatic heterocycles. The summed E-state index contributed by atoms with van der Waals surface area (Å²) in [6.07, 6.45) is 0. The minimum absolute atomic E-state index is 0.108. The summed E-state index contributed by atoms with van der Waals surface area (Å²) in [5, 5.41) is 3.98. The van der Waals surface area contributed by atoms with Crippen molar-refractivity contribution in [3.63, 3.8) is 0 Å². The molecule has 1 N–H and O–H groups in total. The summed E-state index contributed by atoms with van der Waals surface area (Å²) in [5.41, 5.74) is 1.82. The smallest absolute Gasteiger partial charge is 0.180 e. The van der Waals surface area contributed by atoms with Gasteiger partial charge in [0.15, 0.2) is 9.84 Å². The Morgan fingerprint density at radius 3 is 2.60 bits per heavy atom. The Morgan fingerprint density at radius 2 is 1.80 bits per heavy atom. The van der Waals surface area contributed by atoms with Gasteiger partial charge in [-0.25, -0.2) is 8.42 Å². The highest BCUT2D eigenvalue weighted by atomic mass is 35.5. The van der Waals surface area contributed by atoms with E-state index in [9.17, 15) is 8.42 Å². The summed E-state index contributed by atoms with van der Waals surface area (Å²) >= 11 is 6.11. The lowest BCUT2D eigenvalue weighted by Gasteiger charge is -2.13. The highest BCUT2D eigenvalue weighted by molar-refractivity contribution is 7.91. The maximum atomic E-state index is 12.1. The molecule has 3 rings (SSSR count). The van der Waals surface area contributed by atoms with Gasteiger partial charge in [0.05, 0.1) is 10.6 Å². The number of fused-ring (bicyclic) bond motifs is 1. The standard InChI is InChI=1S/C15H14ClNO2S/c16-13-7-3-1-5-11(13)9-17-14-10-20(18,19)15-8-4-2-6-12(14)15/h1-8,14,17H,9-10H2. The third kappa shape index (κ3) is 2.46. The van der Waals surface area contributed by atoms with Crippen molar-refractivity contribution >= 4 is 21.4 Å². The van der Waals surface area contributed by atoms with Crippen LogP contribution < -0.4 is 5.32 Å². The first-order valence-electron chi connectivity index (χ1n) is 6.36. The molecular weight excluding hydrogens is 294 g/mol. The predicted octanol–water partition coefficient (Wildman–Crippen LogP) is 2.96. The number of hydrogen-bond donors (Lipinski definition) is 1. The van der Waals surface area contributed by atoms with Crippen LogP contribution in [-0.4, -0.2) is 14.2 Å². The van der Waals surface area contributed by atoms with Crippen LogP contribution in [0.5, 0.6) is 0 Å². The van der Waals surface area contributed by atoms with Crippen molar-refractivity contribution in [2.24, 2.45) is 0 Å². The summed E-state index contributed by atoms with van der Waals surface area (Å²) in [6, 6.07) is 14.5. The van der Waals surface area contributed by atoms with Crippen LogP contribution in [0.25, 0.3) is 0 Å². The molecule has 1 atom stereocenters. The van der Waals surface area contributed by atoms with Crippen molar-refractivity contribution < 1.29 is 8.42 Å². The molecule has 1 aliphatic rings. The minimum Gasteiger partial charge on any atom is -0.305 e. The van der Waals surface area contributed by atoms with E-state index in [2.05, 4.69) is 5.32 Å². The quantitative estimate of drug-likeness (QED) is 0.948. The second-order valence-corrected chi connectivity index (χ2v) is 7.25. The molecule has 104 valence electrons. The molecule has 1 heterocycles. The molecule has 2 aromatic rings. The molecule has 0 saturated heterocycles. The average molecular weight is 308 g/mol. The van der Waals surface area contributed by atoms with Crippen LogP contribution in [0.15, 0.2) is 53.4 Å². The molecule has 0 aliphatic carbocycles. The SMILES string of the molecule is O=S1(=O)CC(NCc2ccccc2Cl)c2ccccc21. The van der Waals surface area contributed by atoms with E-state index in [4.69, 9.17) is 11.6 Å². The molecule has 20 heavy (non-hydrogen) atoms. The molecule has 1 unspecified atom stereocenters. The molecule has 0 saturated carbocycles. The highest BCUT2D eigenvalue weighted by Gasteiger charge is 2.33. The van der Waals surface area contributed by atoms with E-state index < -0.39 is 9.84 Å². The molecule has 0 spiro atoms. The molecular formula is C15H14ClNO2S. The number of rotatable bonds is 3. The number of hydrogen-bond acceptors (Lipinski definition) is 3. The monoisotopic (exact) mass is 307 g/mol. The number of benzene rings is 2. The van der Waals surface area contributed by atoms with Crippen LogP contribution in [0.2, 0.25) is 5.02 Å². The van der Waals surface area contributed by atoms with E-state index >= 15 is 0 Å². The first-order chi connectivity index (χ1) is 9.58. The zero-order chi connectivity index (χ0) is 14.2. The fraction of sp³-hybridized carbons (Fsp3) is 0.200. The Hall–Kier alpha value is -1.36. The zero-order valence-electron chi connectivity index (χ0n) is 10.7. The normalized spacial score (nSPS) is 19.8. The van der Waals surface area contributed by atoms with Gasteiger partial charge >= 0.3 is 0 Å². The van der Waals surface area contributed by atoms with Crippen molar-refractivity contribution in [2.75, 3.05) is 5.75 Å². The van der Waals surface area contributed by atoms with Gasteiger partial charge in [-0.05, 0) is 23.3 Å². The highest BCUT2D eigenvalue weighted by Crippen LogP contribution is 2.33. The van der Waals surface area contributed by atoms with Gasteiger partial charge in [0.2, 0.25) is 0 Å². The summed E-state index contributed by atoms with van der Waals surface area (Å²) in [7, 11) is -3.16.